The van der Waals surface area contributed by atoms with Gasteiger partial charge in [0, 0.05) is 11.1 Å². The molecule has 5 aromatic carbocycles. The number of hydrogen-bond acceptors (Lipinski definition) is 3. The fraction of sp³-hybridized carbons (Fsp3) is 0.0526. The second-order valence-corrected chi connectivity index (χ2v) is 10.4. The molecule has 0 fully saturated rings. The van der Waals surface area contributed by atoms with Gasteiger partial charge in [-0.1, -0.05) is 140 Å². The van der Waals surface area contributed by atoms with E-state index in [0.717, 1.165) is 44.8 Å². The molecule has 0 bridgehead atoms. The molecule has 2 aliphatic rings. The van der Waals surface area contributed by atoms with Crippen molar-refractivity contribution in [1.82, 2.24) is 0 Å². The maximum Gasteiger partial charge on any atom is 0.133 e. The number of phenols is 1. The number of aliphatic imine (C=N–C) groups is 2. The van der Waals surface area contributed by atoms with Crippen molar-refractivity contribution in [3.8, 4) is 5.75 Å². The molecular weight excluding hydrogens is 500 g/mol. The van der Waals surface area contributed by atoms with Crippen molar-refractivity contribution in [2.75, 3.05) is 0 Å². The second kappa shape index (κ2) is 10.0. The van der Waals surface area contributed by atoms with Gasteiger partial charge in [-0.25, -0.2) is 0 Å². The summed E-state index contributed by atoms with van der Waals surface area (Å²) >= 11 is 0. The van der Waals surface area contributed by atoms with Gasteiger partial charge < -0.3 is 5.11 Å². The molecule has 0 spiro atoms. The van der Waals surface area contributed by atoms with Crippen LogP contribution in [-0.4, -0.2) is 16.5 Å². The molecule has 5 aromatic rings. The molecular formula is C38H28N2O. The smallest absolute Gasteiger partial charge is 0.133 e. The van der Waals surface area contributed by atoms with Crippen molar-refractivity contribution in [1.29, 1.82) is 0 Å². The number of phenolic OH excluding ortho intramolecular Hbond substituents is 1. The Morgan fingerprint density at radius 2 is 0.780 bits per heavy atom. The SMILES string of the molecule is Oc1c(C2(c3ccccc3)C=CC(c3ccccc3)=N2)cccc1C1(c2ccccc2)C=CC(c2ccccc2)=N1. The summed E-state index contributed by atoms with van der Waals surface area (Å²) in [5.41, 5.74) is 5.45. The van der Waals surface area contributed by atoms with Gasteiger partial charge >= 0.3 is 0 Å². The van der Waals surface area contributed by atoms with E-state index in [2.05, 4.69) is 72.8 Å². The molecule has 41 heavy (non-hydrogen) atoms. The fourth-order valence-corrected chi connectivity index (χ4v) is 5.94. The quantitative estimate of drug-likeness (QED) is 0.238. The standard InChI is InChI=1S/C38H28N2O/c41-36-32(37(30-18-9-3-10-19-30)26-24-34(39-37)28-14-5-1-6-15-28)22-13-23-33(36)38(31-20-11-4-12-21-31)27-25-35(40-38)29-16-7-2-8-17-29/h1-27,41H. The van der Waals surface area contributed by atoms with Gasteiger partial charge in [-0.15, -0.1) is 0 Å². The number of rotatable bonds is 6. The summed E-state index contributed by atoms with van der Waals surface area (Å²) in [6.45, 7) is 0. The Hall–Kier alpha value is -5.28. The first-order chi connectivity index (χ1) is 20.2. The highest BCUT2D eigenvalue weighted by Gasteiger charge is 2.42. The maximum absolute atomic E-state index is 12.3. The Morgan fingerprint density at radius 3 is 1.17 bits per heavy atom. The van der Waals surface area contributed by atoms with Gasteiger partial charge in [-0.2, -0.15) is 0 Å². The summed E-state index contributed by atoms with van der Waals surface area (Å²) in [6, 6.07) is 46.7. The summed E-state index contributed by atoms with van der Waals surface area (Å²) < 4.78 is 0. The lowest BCUT2D eigenvalue weighted by atomic mass is 9.78. The lowest BCUT2D eigenvalue weighted by molar-refractivity contribution is 0.441. The van der Waals surface area contributed by atoms with E-state index in [-0.39, 0.29) is 5.75 Å². The molecule has 0 saturated heterocycles. The Morgan fingerprint density at radius 1 is 0.415 bits per heavy atom. The molecule has 196 valence electrons. The van der Waals surface area contributed by atoms with E-state index in [1.54, 1.807) is 0 Å². The van der Waals surface area contributed by atoms with E-state index in [0.29, 0.717) is 0 Å². The van der Waals surface area contributed by atoms with Crippen LogP contribution in [0.2, 0.25) is 0 Å². The molecule has 7 rings (SSSR count). The molecule has 0 saturated carbocycles. The van der Waals surface area contributed by atoms with Crippen molar-refractivity contribution in [3.63, 3.8) is 0 Å². The van der Waals surface area contributed by atoms with Crippen molar-refractivity contribution in [3.05, 3.63) is 197 Å². The van der Waals surface area contributed by atoms with Crippen molar-refractivity contribution >= 4 is 11.4 Å². The van der Waals surface area contributed by atoms with E-state index in [9.17, 15) is 5.11 Å². The highest BCUT2D eigenvalue weighted by molar-refractivity contribution is 6.11. The Balaban J connectivity index is 1.45. The number of hydrogen-bond donors (Lipinski definition) is 1. The van der Waals surface area contributed by atoms with Crippen LogP contribution in [0.25, 0.3) is 0 Å². The van der Waals surface area contributed by atoms with Gasteiger partial charge in [0.25, 0.3) is 0 Å². The van der Waals surface area contributed by atoms with Gasteiger partial charge in [0.2, 0.25) is 0 Å². The molecule has 2 atom stereocenters. The zero-order valence-electron chi connectivity index (χ0n) is 22.4. The molecule has 0 aliphatic carbocycles. The molecule has 0 aromatic heterocycles. The van der Waals surface area contributed by atoms with Crippen LogP contribution in [0.1, 0.15) is 33.4 Å². The molecule has 3 heteroatoms. The summed E-state index contributed by atoms with van der Waals surface area (Å²) in [5.74, 6) is 0.186. The van der Waals surface area contributed by atoms with Crippen LogP contribution in [0, 0.1) is 0 Å². The summed E-state index contributed by atoms with van der Waals surface area (Å²) in [5, 5.41) is 12.3. The van der Waals surface area contributed by atoms with Crippen LogP contribution in [0.4, 0.5) is 0 Å². The van der Waals surface area contributed by atoms with Crippen LogP contribution in [0.15, 0.2) is 174 Å². The van der Waals surface area contributed by atoms with Crippen molar-refractivity contribution < 1.29 is 5.11 Å². The number of benzene rings is 5. The van der Waals surface area contributed by atoms with Crippen LogP contribution in [0.3, 0.4) is 0 Å². The molecule has 3 nitrogen and oxygen atoms in total. The highest BCUT2D eigenvalue weighted by Crippen LogP contribution is 2.49. The number of nitrogens with zero attached hydrogens (tertiary/aromatic N) is 2. The largest absolute Gasteiger partial charge is 0.507 e. The summed E-state index contributed by atoms with van der Waals surface area (Å²) in [6.07, 6.45) is 8.31. The Labute approximate surface area is 240 Å². The lowest BCUT2D eigenvalue weighted by Crippen LogP contribution is -2.25. The zero-order valence-corrected chi connectivity index (χ0v) is 22.4. The van der Waals surface area contributed by atoms with Crippen molar-refractivity contribution in [2.24, 2.45) is 9.98 Å². The van der Waals surface area contributed by atoms with Gasteiger partial charge in [0.15, 0.2) is 0 Å². The van der Waals surface area contributed by atoms with Crippen LogP contribution < -0.4 is 0 Å². The Bertz CT molecular complexity index is 1690. The van der Waals surface area contributed by atoms with E-state index in [4.69, 9.17) is 9.98 Å². The molecule has 2 unspecified atom stereocenters. The molecule has 2 heterocycles. The van der Waals surface area contributed by atoms with E-state index < -0.39 is 11.1 Å². The minimum atomic E-state index is -0.890. The monoisotopic (exact) mass is 528 g/mol. The van der Waals surface area contributed by atoms with Gasteiger partial charge in [0.1, 0.15) is 16.8 Å². The molecule has 0 amide bonds. The highest BCUT2D eigenvalue weighted by atomic mass is 16.3. The lowest BCUT2D eigenvalue weighted by Gasteiger charge is -2.31. The third-order valence-corrected chi connectivity index (χ3v) is 7.98. The van der Waals surface area contributed by atoms with Crippen LogP contribution in [0.5, 0.6) is 5.75 Å². The first-order valence-corrected chi connectivity index (χ1v) is 13.8. The Kier molecular flexibility index (Phi) is 6.06. The number of aromatic hydroxyl groups is 1. The fourth-order valence-electron chi connectivity index (χ4n) is 5.94. The van der Waals surface area contributed by atoms with Gasteiger partial charge in [-0.05, 0) is 46.6 Å². The third-order valence-electron chi connectivity index (χ3n) is 7.98. The van der Waals surface area contributed by atoms with Gasteiger partial charge in [0.05, 0.1) is 11.4 Å². The third kappa shape index (κ3) is 4.14. The van der Waals surface area contributed by atoms with E-state index >= 15 is 0 Å². The second-order valence-electron chi connectivity index (χ2n) is 10.4. The minimum Gasteiger partial charge on any atom is -0.507 e. The van der Waals surface area contributed by atoms with Crippen molar-refractivity contribution in [2.45, 2.75) is 11.1 Å². The zero-order chi connectivity index (χ0) is 27.7. The number of para-hydroxylation sites is 1. The van der Waals surface area contributed by atoms with E-state index in [1.165, 1.54) is 0 Å². The molecule has 1 N–H and O–H groups in total. The van der Waals surface area contributed by atoms with E-state index in [1.807, 2.05) is 91.0 Å². The first kappa shape index (κ1) is 24.7. The topological polar surface area (TPSA) is 45.0 Å². The summed E-state index contributed by atoms with van der Waals surface area (Å²) in [4.78, 5) is 10.6. The average molecular weight is 529 g/mol. The first-order valence-electron chi connectivity index (χ1n) is 13.8. The van der Waals surface area contributed by atoms with Crippen LogP contribution >= 0.6 is 0 Å². The maximum atomic E-state index is 12.3. The molecule has 0 radical (unpaired) electrons. The molecule has 2 aliphatic heterocycles. The summed E-state index contributed by atoms with van der Waals surface area (Å²) in [7, 11) is 0. The predicted octanol–water partition coefficient (Wildman–Crippen LogP) is 8.00. The minimum absolute atomic E-state index is 0.186. The predicted molar refractivity (Wildman–Crippen MR) is 167 cm³/mol. The van der Waals surface area contributed by atoms with Gasteiger partial charge in [-0.3, -0.25) is 9.98 Å². The number of allylic oxidation sites excluding steroid dienone is 2. The normalized spacial score (nSPS) is 21.1. The average Bonchev–Trinajstić information content (AvgIpc) is 3.70. The van der Waals surface area contributed by atoms with Crippen LogP contribution in [-0.2, 0) is 11.1 Å².